The van der Waals surface area contributed by atoms with Crippen molar-refractivity contribution in [2.45, 2.75) is 57.6 Å². The predicted octanol–water partition coefficient (Wildman–Crippen LogP) is 4.55. The number of nitrogens with two attached hydrogens (primary N) is 1. The molecule has 0 fully saturated rings. The molecule has 0 spiro atoms. The molecule has 0 amide bonds. The van der Waals surface area contributed by atoms with Gasteiger partial charge in [-0.15, -0.1) is 10.2 Å². The number of nitrogens with zero attached hydrogens (tertiary/aromatic N) is 3. The Bertz CT molecular complexity index is 900. The third-order valence-electron chi connectivity index (χ3n) is 5.51. The first kappa shape index (κ1) is 17.0. The topological polar surface area (TPSA) is 65.4 Å². The van der Waals surface area contributed by atoms with E-state index in [-0.39, 0.29) is 12.1 Å². The Kier molecular flexibility index (Phi) is 4.64. The number of rotatable bonds is 5. The number of ether oxygens (including phenoxy) is 1. The maximum atomic E-state index is 6.38. The number of pyridine rings is 1. The van der Waals surface area contributed by atoms with Crippen LogP contribution in [0.4, 0.5) is 0 Å². The van der Waals surface area contributed by atoms with Gasteiger partial charge >= 0.3 is 0 Å². The summed E-state index contributed by atoms with van der Waals surface area (Å²) in [6.07, 6.45) is 6.04. The van der Waals surface area contributed by atoms with Crippen LogP contribution in [-0.2, 0) is 0 Å². The number of aromatic nitrogens is 3. The summed E-state index contributed by atoms with van der Waals surface area (Å²) >= 11 is 0. The second-order valence-electron chi connectivity index (χ2n) is 7.08. The first-order chi connectivity index (χ1) is 12.7. The molecule has 0 saturated carbocycles. The minimum Gasteiger partial charge on any atom is -0.484 e. The van der Waals surface area contributed by atoms with Crippen molar-refractivity contribution in [3.63, 3.8) is 0 Å². The molecule has 5 heteroatoms. The van der Waals surface area contributed by atoms with Gasteiger partial charge in [-0.2, -0.15) is 0 Å². The Morgan fingerprint density at radius 2 is 1.85 bits per heavy atom. The summed E-state index contributed by atoms with van der Waals surface area (Å²) in [6, 6.07) is 12.4. The Morgan fingerprint density at radius 1 is 1.08 bits per heavy atom. The van der Waals surface area contributed by atoms with E-state index < -0.39 is 0 Å². The molecule has 136 valence electrons. The second-order valence-corrected chi connectivity index (χ2v) is 7.08. The maximum Gasteiger partial charge on any atom is 0.161 e. The fourth-order valence-corrected chi connectivity index (χ4v) is 3.96. The van der Waals surface area contributed by atoms with Crippen molar-refractivity contribution in [1.82, 2.24) is 14.6 Å². The molecule has 3 aromatic rings. The normalized spacial score (nSPS) is 19.7. The van der Waals surface area contributed by atoms with Crippen LogP contribution in [0.2, 0.25) is 0 Å². The molecule has 4 rings (SSSR count). The molecule has 0 unspecified atom stereocenters. The quantitative estimate of drug-likeness (QED) is 0.733. The number of hydrogen-bond acceptors (Lipinski definition) is 4. The second kappa shape index (κ2) is 7.08. The molecule has 0 saturated heterocycles. The lowest BCUT2D eigenvalue weighted by Gasteiger charge is -2.30. The van der Waals surface area contributed by atoms with Crippen molar-refractivity contribution in [2.75, 3.05) is 0 Å². The molecule has 2 atom stereocenters. The van der Waals surface area contributed by atoms with E-state index in [0.717, 1.165) is 42.9 Å². The molecule has 1 aromatic carbocycles. The van der Waals surface area contributed by atoms with E-state index in [9.17, 15) is 0 Å². The molecule has 0 radical (unpaired) electrons. The van der Waals surface area contributed by atoms with Crippen molar-refractivity contribution in [3.05, 3.63) is 59.5 Å². The fraction of sp³-hybridized carbons (Fsp3) is 0.429. The van der Waals surface area contributed by atoms with Crippen molar-refractivity contribution in [3.8, 4) is 5.75 Å². The number of benzene rings is 1. The van der Waals surface area contributed by atoms with E-state index in [2.05, 4.69) is 46.6 Å². The van der Waals surface area contributed by atoms with Crippen LogP contribution in [0.5, 0.6) is 5.75 Å². The van der Waals surface area contributed by atoms with E-state index in [4.69, 9.17) is 10.5 Å². The van der Waals surface area contributed by atoms with Crippen LogP contribution < -0.4 is 10.5 Å². The smallest absolute Gasteiger partial charge is 0.161 e. The lowest BCUT2D eigenvalue weighted by molar-refractivity contribution is 0.176. The summed E-state index contributed by atoms with van der Waals surface area (Å²) in [5.74, 6) is 2.27. The van der Waals surface area contributed by atoms with Crippen molar-refractivity contribution >= 4 is 5.65 Å². The zero-order chi connectivity index (χ0) is 18.1. The molecule has 2 heterocycles. The first-order valence-electron chi connectivity index (χ1n) is 9.57. The summed E-state index contributed by atoms with van der Waals surface area (Å²) in [7, 11) is 0. The van der Waals surface area contributed by atoms with Gasteiger partial charge in [0, 0.05) is 12.0 Å². The van der Waals surface area contributed by atoms with Gasteiger partial charge in [0.25, 0.3) is 0 Å². The summed E-state index contributed by atoms with van der Waals surface area (Å²) in [5, 5.41) is 8.72. The molecular weight excluding hydrogens is 324 g/mol. The molecule has 26 heavy (non-hydrogen) atoms. The third-order valence-corrected chi connectivity index (χ3v) is 5.51. The molecular formula is C21H26N4O. The zero-order valence-corrected chi connectivity index (χ0v) is 15.4. The molecule has 1 aliphatic carbocycles. The van der Waals surface area contributed by atoms with Crippen LogP contribution in [0.25, 0.3) is 5.65 Å². The molecule has 0 aliphatic heterocycles. The SMILES string of the molecule is CCC(CC)c1nnc2ccc(O[C@@H]3CC[C@H](N)c4ccccc43)cn12. The molecule has 2 N–H and O–H groups in total. The highest BCUT2D eigenvalue weighted by Crippen LogP contribution is 2.37. The lowest BCUT2D eigenvalue weighted by Crippen LogP contribution is -2.23. The molecule has 0 bridgehead atoms. The van der Waals surface area contributed by atoms with Gasteiger partial charge in [0.2, 0.25) is 0 Å². The Hall–Kier alpha value is -2.40. The minimum atomic E-state index is 0.0385. The van der Waals surface area contributed by atoms with Crippen molar-refractivity contribution in [2.24, 2.45) is 5.73 Å². The van der Waals surface area contributed by atoms with Crippen LogP contribution in [0.1, 0.15) is 74.5 Å². The highest BCUT2D eigenvalue weighted by atomic mass is 16.5. The number of fused-ring (bicyclic) bond motifs is 2. The van der Waals surface area contributed by atoms with Crippen LogP contribution in [0.3, 0.4) is 0 Å². The Morgan fingerprint density at radius 3 is 2.62 bits per heavy atom. The number of hydrogen-bond donors (Lipinski definition) is 1. The van der Waals surface area contributed by atoms with E-state index in [1.807, 2.05) is 24.4 Å². The first-order valence-corrected chi connectivity index (χ1v) is 9.57. The van der Waals surface area contributed by atoms with Crippen LogP contribution in [-0.4, -0.2) is 14.6 Å². The van der Waals surface area contributed by atoms with E-state index in [0.29, 0.717) is 5.92 Å². The van der Waals surface area contributed by atoms with Crippen LogP contribution in [0, 0.1) is 0 Å². The summed E-state index contributed by atoms with van der Waals surface area (Å²) in [5.41, 5.74) is 9.54. The Labute approximate surface area is 154 Å². The summed E-state index contributed by atoms with van der Waals surface area (Å²) < 4.78 is 8.45. The van der Waals surface area contributed by atoms with Gasteiger partial charge in [0.1, 0.15) is 17.7 Å². The highest BCUT2D eigenvalue weighted by Gasteiger charge is 2.26. The third kappa shape index (κ3) is 2.97. The molecule has 1 aliphatic rings. The van der Waals surface area contributed by atoms with Gasteiger partial charge in [0.05, 0.1) is 6.20 Å². The highest BCUT2D eigenvalue weighted by molar-refractivity contribution is 5.42. The summed E-state index contributed by atoms with van der Waals surface area (Å²) in [4.78, 5) is 0. The largest absolute Gasteiger partial charge is 0.484 e. The standard InChI is InChI=1S/C21H26N4O/c1-3-14(4-2)21-24-23-20-12-9-15(13-25(20)21)26-19-11-10-18(22)16-7-5-6-8-17(16)19/h5-9,12-14,18-19H,3-4,10-11,22H2,1-2H3/t18-,19+/m0/s1. The van der Waals surface area contributed by atoms with Crippen molar-refractivity contribution in [1.29, 1.82) is 0 Å². The van der Waals surface area contributed by atoms with Gasteiger partial charge in [-0.1, -0.05) is 38.1 Å². The van der Waals surface area contributed by atoms with Gasteiger partial charge in [-0.3, -0.25) is 4.40 Å². The molecule has 2 aromatic heterocycles. The van der Waals surface area contributed by atoms with Gasteiger partial charge in [0.15, 0.2) is 5.65 Å². The summed E-state index contributed by atoms with van der Waals surface area (Å²) in [6.45, 7) is 4.38. The predicted molar refractivity (Wildman–Crippen MR) is 102 cm³/mol. The maximum absolute atomic E-state index is 6.38. The lowest BCUT2D eigenvalue weighted by atomic mass is 9.86. The monoisotopic (exact) mass is 350 g/mol. The van der Waals surface area contributed by atoms with Crippen molar-refractivity contribution < 1.29 is 4.74 Å². The Balaban J connectivity index is 1.66. The van der Waals surface area contributed by atoms with Crippen LogP contribution >= 0.6 is 0 Å². The molecule has 5 nitrogen and oxygen atoms in total. The minimum absolute atomic E-state index is 0.0385. The fourth-order valence-electron chi connectivity index (χ4n) is 3.96. The van der Waals surface area contributed by atoms with Gasteiger partial charge < -0.3 is 10.5 Å². The zero-order valence-electron chi connectivity index (χ0n) is 15.4. The average molecular weight is 350 g/mol. The average Bonchev–Trinajstić information content (AvgIpc) is 3.09. The van der Waals surface area contributed by atoms with Gasteiger partial charge in [-0.25, -0.2) is 0 Å². The van der Waals surface area contributed by atoms with Crippen LogP contribution in [0.15, 0.2) is 42.6 Å². The van der Waals surface area contributed by atoms with Gasteiger partial charge in [-0.05, 0) is 48.9 Å². The van der Waals surface area contributed by atoms with E-state index in [1.165, 1.54) is 11.1 Å². The van der Waals surface area contributed by atoms with E-state index in [1.54, 1.807) is 0 Å². The van der Waals surface area contributed by atoms with E-state index >= 15 is 0 Å².